The SMILES string of the molecule is COC(=O)c1ccc(S(=O)(=O)C2CC2)s1. The first-order chi connectivity index (χ1) is 7.05. The van der Waals surface area contributed by atoms with Crippen LogP contribution in [0.1, 0.15) is 22.5 Å². The fourth-order valence-electron chi connectivity index (χ4n) is 1.23. The molecular formula is C9H10O4S2. The Bertz CT molecular complexity index is 482. The monoisotopic (exact) mass is 246 g/mol. The lowest BCUT2D eigenvalue weighted by atomic mass is 10.5. The van der Waals surface area contributed by atoms with Gasteiger partial charge in [0.25, 0.3) is 0 Å². The lowest BCUT2D eigenvalue weighted by Gasteiger charge is -1.96. The van der Waals surface area contributed by atoms with Crippen LogP contribution in [0.4, 0.5) is 0 Å². The first kappa shape index (κ1) is 10.6. The van der Waals surface area contributed by atoms with E-state index in [1.807, 2.05) is 0 Å². The Balaban J connectivity index is 2.31. The maximum Gasteiger partial charge on any atom is 0.348 e. The van der Waals surface area contributed by atoms with Crippen LogP contribution in [0.15, 0.2) is 16.3 Å². The van der Waals surface area contributed by atoms with Gasteiger partial charge >= 0.3 is 5.97 Å². The zero-order chi connectivity index (χ0) is 11.1. The molecule has 0 spiro atoms. The van der Waals surface area contributed by atoms with Gasteiger partial charge in [0, 0.05) is 0 Å². The van der Waals surface area contributed by atoms with Crippen molar-refractivity contribution in [3.8, 4) is 0 Å². The van der Waals surface area contributed by atoms with Crippen molar-refractivity contribution >= 4 is 27.1 Å². The van der Waals surface area contributed by atoms with E-state index in [9.17, 15) is 13.2 Å². The molecule has 0 bridgehead atoms. The van der Waals surface area contributed by atoms with Crippen molar-refractivity contribution < 1.29 is 17.9 Å². The molecule has 82 valence electrons. The minimum atomic E-state index is -3.18. The van der Waals surface area contributed by atoms with Crippen molar-refractivity contribution in [2.45, 2.75) is 22.3 Å². The van der Waals surface area contributed by atoms with Gasteiger partial charge in [-0.15, -0.1) is 11.3 Å². The standard InChI is InChI=1S/C9H10O4S2/c1-13-9(10)7-4-5-8(14-7)15(11,12)6-2-3-6/h4-6H,2-3H2,1H3. The first-order valence-electron chi connectivity index (χ1n) is 4.48. The second-order valence-electron chi connectivity index (χ2n) is 3.35. The van der Waals surface area contributed by atoms with Gasteiger partial charge in [-0.05, 0) is 25.0 Å². The third-order valence-electron chi connectivity index (χ3n) is 2.21. The fraction of sp³-hybridized carbons (Fsp3) is 0.444. The molecule has 1 heterocycles. The van der Waals surface area contributed by atoms with Crippen LogP contribution in [0.5, 0.6) is 0 Å². The molecule has 4 nitrogen and oxygen atoms in total. The van der Waals surface area contributed by atoms with Crippen LogP contribution in [0.3, 0.4) is 0 Å². The van der Waals surface area contributed by atoms with Gasteiger partial charge in [0.2, 0.25) is 0 Å². The van der Waals surface area contributed by atoms with Crippen LogP contribution >= 0.6 is 11.3 Å². The van der Waals surface area contributed by atoms with Crippen molar-refractivity contribution in [3.63, 3.8) is 0 Å². The lowest BCUT2D eigenvalue weighted by molar-refractivity contribution is 0.0606. The highest BCUT2D eigenvalue weighted by Crippen LogP contribution is 2.36. The van der Waals surface area contributed by atoms with Gasteiger partial charge in [-0.25, -0.2) is 13.2 Å². The number of rotatable bonds is 3. The van der Waals surface area contributed by atoms with Gasteiger partial charge in [0.1, 0.15) is 9.09 Å². The summed E-state index contributed by atoms with van der Waals surface area (Å²) in [6, 6.07) is 2.97. The highest BCUT2D eigenvalue weighted by Gasteiger charge is 2.38. The van der Waals surface area contributed by atoms with E-state index < -0.39 is 15.8 Å². The summed E-state index contributed by atoms with van der Waals surface area (Å²) in [7, 11) is -1.90. The van der Waals surface area contributed by atoms with Gasteiger partial charge < -0.3 is 4.74 Å². The minimum Gasteiger partial charge on any atom is -0.465 e. The highest BCUT2D eigenvalue weighted by molar-refractivity contribution is 7.94. The molecule has 0 aromatic carbocycles. The molecule has 1 aliphatic carbocycles. The molecular weight excluding hydrogens is 236 g/mol. The molecule has 1 aromatic heterocycles. The topological polar surface area (TPSA) is 60.4 Å². The third-order valence-corrected chi connectivity index (χ3v) is 6.06. The number of ether oxygens (including phenoxy) is 1. The van der Waals surface area contributed by atoms with Crippen molar-refractivity contribution in [1.82, 2.24) is 0 Å². The van der Waals surface area contributed by atoms with Crippen molar-refractivity contribution in [2.75, 3.05) is 7.11 Å². The molecule has 0 N–H and O–H groups in total. The summed E-state index contributed by atoms with van der Waals surface area (Å²) in [6.45, 7) is 0. The molecule has 1 aromatic rings. The van der Waals surface area contributed by atoms with Crippen LogP contribution < -0.4 is 0 Å². The summed E-state index contributed by atoms with van der Waals surface area (Å²) in [5.74, 6) is -0.489. The van der Waals surface area contributed by atoms with Gasteiger partial charge in [0.15, 0.2) is 9.84 Å². The molecule has 0 saturated heterocycles. The van der Waals surface area contributed by atoms with Crippen LogP contribution in [0, 0.1) is 0 Å². The normalized spacial score (nSPS) is 16.3. The molecule has 0 amide bonds. The molecule has 6 heteroatoms. The molecule has 2 rings (SSSR count). The van der Waals surface area contributed by atoms with E-state index in [4.69, 9.17) is 0 Å². The smallest absolute Gasteiger partial charge is 0.348 e. The van der Waals surface area contributed by atoms with Crippen LogP contribution in [0.2, 0.25) is 0 Å². The second kappa shape index (κ2) is 3.61. The number of sulfone groups is 1. The Hall–Kier alpha value is -0.880. The average Bonchev–Trinajstić information content (AvgIpc) is 2.95. The van der Waals surface area contributed by atoms with Crippen molar-refractivity contribution in [2.24, 2.45) is 0 Å². The number of carbonyl (C=O) groups is 1. The maximum atomic E-state index is 11.8. The Morgan fingerprint density at radius 3 is 2.67 bits per heavy atom. The van der Waals surface area contributed by atoms with E-state index in [0.717, 1.165) is 24.2 Å². The molecule has 15 heavy (non-hydrogen) atoms. The van der Waals surface area contributed by atoms with Gasteiger partial charge in [-0.3, -0.25) is 0 Å². The molecule has 1 aliphatic rings. The van der Waals surface area contributed by atoms with E-state index in [0.29, 0.717) is 4.88 Å². The van der Waals surface area contributed by atoms with Gasteiger partial charge in [-0.1, -0.05) is 0 Å². The molecule has 0 aliphatic heterocycles. The largest absolute Gasteiger partial charge is 0.465 e. The Morgan fingerprint density at radius 1 is 1.47 bits per heavy atom. The first-order valence-corrected chi connectivity index (χ1v) is 6.84. The van der Waals surface area contributed by atoms with E-state index in [2.05, 4.69) is 4.74 Å². The van der Waals surface area contributed by atoms with E-state index in [1.165, 1.54) is 19.2 Å². The predicted molar refractivity (Wildman–Crippen MR) is 55.9 cm³/mol. The van der Waals surface area contributed by atoms with E-state index >= 15 is 0 Å². The van der Waals surface area contributed by atoms with Crippen LogP contribution in [0.25, 0.3) is 0 Å². The van der Waals surface area contributed by atoms with E-state index in [1.54, 1.807) is 0 Å². The fourth-order valence-corrected chi connectivity index (χ4v) is 4.37. The van der Waals surface area contributed by atoms with Gasteiger partial charge in [0.05, 0.1) is 12.4 Å². The van der Waals surface area contributed by atoms with Crippen LogP contribution in [-0.4, -0.2) is 26.7 Å². The molecule has 1 fully saturated rings. The summed E-state index contributed by atoms with van der Waals surface area (Å²) in [4.78, 5) is 11.5. The lowest BCUT2D eigenvalue weighted by Crippen LogP contribution is -2.04. The highest BCUT2D eigenvalue weighted by atomic mass is 32.2. The van der Waals surface area contributed by atoms with Crippen LogP contribution in [-0.2, 0) is 14.6 Å². The summed E-state index contributed by atoms with van der Waals surface area (Å²) < 4.78 is 28.3. The molecule has 1 saturated carbocycles. The summed E-state index contributed by atoms with van der Waals surface area (Å²) >= 11 is 0.978. The number of hydrogen-bond acceptors (Lipinski definition) is 5. The summed E-state index contributed by atoms with van der Waals surface area (Å²) in [5, 5.41) is -0.235. The summed E-state index contributed by atoms with van der Waals surface area (Å²) in [6.07, 6.45) is 1.46. The zero-order valence-electron chi connectivity index (χ0n) is 8.10. The second-order valence-corrected chi connectivity index (χ2v) is 6.89. The quantitative estimate of drug-likeness (QED) is 0.758. The number of thiophene rings is 1. The van der Waals surface area contributed by atoms with Crippen molar-refractivity contribution in [3.05, 3.63) is 17.0 Å². The number of hydrogen-bond donors (Lipinski definition) is 0. The van der Waals surface area contributed by atoms with Gasteiger partial charge in [-0.2, -0.15) is 0 Å². The zero-order valence-corrected chi connectivity index (χ0v) is 9.73. The molecule has 0 radical (unpaired) electrons. The predicted octanol–water partition coefficient (Wildman–Crippen LogP) is 1.47. The average molecular weight is 246 g/mol. The van der Waals surface area contributed by atoms with Crippen molar-refractivity contribution in [1.29, 1.82) is 0 Å². The number of carbonyl (C=O) groups excluding carboxylic acids is 1. The third kappa shape index (κ3) is 1.91. The van der Waals surface area contributed by atoms with E-state index in [-0.39, 0.29) is 9.46 Å². The number of methoxy groups -OCH3 is 1. The molecule has 0 unspecified atom stereocenters. The maximum absolute atomic E-state index is 11.8. The minimum absolute atomic E-state index is 0.235. The Kier molecular flexibility index (Phi) is 2.56. The Labute approximate surface area is 91.8 Å². The number of esters is 1. The molecule has 0 atom stereocenters. The summed E-state index contributed by atoms with van der Waals surface area (Å²) in [5.41, 5.74) is 0. The Morgan fingerprint density at radius 2 is 2.13 bits per heavy atom.